The molecule has 0 fully saturated rings. The monoisotopic (exact) mass is 213 g/mol. The van der Waals surface area contributed by atoms with Crippen molar-refractivity contribution in [3.63, 3.8) is 0 Å². The van der Waals surface area contributed by atoms with Gasteiger partial charge in [-0.3, -0.25) is 0 Å². The summed E-state index contributed by atoms with van der Waals surface area (Å²) in [6, 6.07) is 1.46. The lowest BCUT2D eigenvalue weighted by atomic mass is 9.88. The van der Waals surface area contributed by atoms with Crippen molar-refractivity contribution < 1.29 is 9.13 Å². The maximum atomic E-state index is 12.9. The number of nitrogens with zero attached hydrogens (tertiary/aromatic N) is 1. The molecular formula is C12H20FNO. The highest BCUT2D eigenvalue weighted by Gasteiger charge is 2.20. The van der Waals surface area contributed by atoms with Gasteiger partial charge < -0.3 is 4.74 Å². The summed E-state index contributed by atoms with van der Waals surface area (Å²) in [4.78, 5) is 3.87. The molecule has 15 heavy (non-hydrogen) atoms. The van der Waals surface area contributed by atoms with Crippen LogP contribution in [-0.2, 0) is 5.41 Å². The largest absolute Gasteiger partial charge is 0.481 e. The Bertz CT molecular complexity index is 305. The Balaban J connectivity index is 0.000000921. The fourth-order valence-corrected chi connectivity index (χ4v) is 1.13. The second kappa shape index (κ2) is 5.69. The molecule has 0 radical (unpaired) electrons. The molecule has 0 amide bonds. The maximum absolute atomic E-state index is 12.9. The Morgan fingerprint density at radius 1 is 1.27 bits per heavy atom. The van der Waals surface area contributed by atoms with Crippen molar-refractivity contribution in [2.75, 3.05) is 7.11 Å². The van der Waals surface area contributed by atoms with Gasteiger partial charge >= 0.3 is 0 Å². The van der Waals surface area contributed by atoms with Gasteiger partial charge in [0.1, 0.15) is 5.82 Å². The molecule has 0 atom stereocenters. The van der Waals surface area contributed by atoms with Crippen molar-refractivity contribution in [2.45, 2.75) is 40.0 Å². The van der Waals surface area contributed by atoms with Crippen molar-refractivity contribution >= 4 is 0 Å². The molecule has 0 aliphatic rings. The van der Waals surface area contributed by atoms with Crippen LogP contribution in [0.2, 0.25) is 0 Å². The zero-order valence-corrected chi connectivity index (χ0v) is 10.4. The zero-order chi connectivity index (χ0) is 12.1. The summed E-state index contributed by atoms with van der Waals surface area (Å²) in [6.07, 6.45) is 1.16. The predicted octanol–water partition coefficient (Wildman–Crippen LogP) is 3.55. The molecule has 0 spiro atoms. The van der Waals surface area contributed by atoms with Crippen molar-refractivity contribution in [1.29, 1.82) is 0 Å². The van der Waals surface area contributed by atoms with Crippen LogP contribution in [0.3, 0.4) is 0 Å². The summed E-state index contributed by atoms with van der Waals surface area (Å²) >= 11 is 0. The van der Waals surface area contributed by atoms with Gasteiger partial charge in [0, 0.05) is 5.56 Å². The minimum Gasteiger partial charge on any atom is -0.481 e. The van der Waals surface area contributed by atoms with Gasteiger partial charge in [-0.05, 0) is 11.5 Å². The zero-order valence-electron chi connectivity index (χ0n) is 10.4. The Morgan fingerprint density at radius 3 is 2.20 bits per heavy atom. The SMILES string of the molecule is CC.COc1ncc(F)cc1C(C)(C)C. The molecule has 2 nitrogen and oxygen atoms in total. The molecule has 0 aromatic carbocycles. The quantitative estimate of drug-likeness (QED) is 0.711. The van der Waals surface area contributed by atoms with E-state index in [0.717, 1.165) is 11.8 Å². The van der Waals surface area contributed by atoms with E-state index in [9.17, 15) is 4.39 Å². The molecule has 0 saturated carbocycles. The molecule has 3 heteroatoms. The number of hydrogen-bond donors (Lipinski definition) is 0. The lowest BCUT2D eigenvalue weighted by Crippen LogP contribution is -2.14. The Morgan fingerprint density at radius 2 is 1.80 bits per heavy atom. The topological polar surface area (TPSA) is 22.1 Å². The van der Waals surface area contributed by atoms with Gasteiger partial charge in [0.2, 0.25) is 5.88 Å². The van der Waals surface area contributed by atoms with E-state index in [1.807, 2.05) is 34.6 Å². The van der Waals surface area contributed by atoms with Crippen LogP contribution in [-0.4, -0.2) is 12.1 Å². The standard InChI is InChI=1S/C10H14FNO.C2H6/c1-10(2,3)8-5-7(11)6-12-9(8)13-4;1-2/h5-6H,1-4H3;1-2H3. The van der Waals surface area contributed by atoms with Crippen molar-refractivity contribution in [3.8, 4) is 5.88 Å². The molecule has 1 heterocycles. The first kappa shape index (κ1) is 13.9. The molecule has 1 rings (SSSR count). The van der Waals surface area contributed by atoms with E-state index in [-0.39, 0.29) is 11.2 Å². The average Bonchev–Trinajstić information content (AvgIpc) is 2.19. The summed E-state index contributed by atoms with van der Waals surface area (Å²) in [6.45, 7) is 9.98. The highest BCUT2D eigenvalue weighted by molar-refractivity contribution is 5.32. The molecule has 1 aromatic rings. The lowest BCUT2D eigenvalue weighted by molar-refractivity contribution is 0.378. The van der Waals surface area contributed by atoms with Crippen LogP contribution in [0, 0.1) is 5.82 Å². The van der Waals surface area contributed by atoms with Crippen LogP contribution in [0.4, 0.5) is 4.39 Å². The molecule has 0 unspecified atom stereocenters. The van der Waals surface area contributed by atoms with Gasteiger partial charge in [-0.1, -0.05) is 34.6 Å². The van der Waals surface area contributed by atoms with E-state index in [4.69, 9.17) is 4.74 Å². The third kappa shape index (κ3) is 3.86. The van der Waals surface area contributed by atoms with E-state index < -0.39 is 0 Å². The fourth-order valence-electron chi connectivity index (χ4n) is 1.13. The summed E-state index contributed by atoms with van der Waals surface area (Å²) in [7, 11) is 1.54. The van der Waals surface area contributed by atoms with Crippen LogP contribution in [0.25, 0.3) is 0 Å². The fraction of sp³-hybridized carbons (Fsp3) is 0.583. The molecule has 86 valence electrons. The third-order valence-electron chi connectivity index (χ3n) is 1.82. The van der Waals surface area contributed by atoms with E-state index in [1.54, 1.807) is 0 Å². The second-order valence-electron chi connectivity index (χ2n) is 3.96. The summed E-state index contributed by atoms with van der Waals surface area (Å²) in [5.41, 5.74) is 0.635. The number of aromatic nitrogens is 1. The summed E-state index contributed by atoms with van der Waals surface area (Å²) < 4.78 is 17.9. The van der Waals surface area contributed by atoms with E-state index in [0.29, 0.717) is 5.88 Å². The van der Waals surface area contributed by atoms with Gasteiger partial charge in [0.05, 0.1) is 13.3 Å². The molecule has 0 saturated heterocycles. The normalized spacial score (nSPS) is 10.3. The van der Waals surface area contributed by atoms with Crippen molar-refractivity contribution in [1.82, 2.24) is 4.98 Å². The van der Waals surface area contributed by atoms with Gasteiger partial charge in [-0.25, -0.2) is 9.37 Å². The van der Waals surface area contributed by atoms with Gasteiger partial charge in [0.25, 0.3) is 0 Å². The van der Waals surface area contributed by atoms with Crippen LogP contribution < -0.4 is 4.74 Å². The number of methoxy groups -OCH3 is 1. The average molecular weight is 213 g/mol. The summed E-state index contributed by atoms with van der Waals surface area (Å²) in [5, 5.41) is 0. The highest BCUT2D eigenvalue weighted by Crippen LogP contribution is 2.29. The van der Waals surface area contributed by atoms with Gasteiger partial charge in [0.15, 0.2) is 0 Å². The first-order valence-electron chi connectivity index (χ1n) is 5.15. The Hall–Kier alpha value is -1.12. The number of ether oxygens (including phenoxy) is 1. The van der Waals surface area contributed by atoms with Crippen molar-refractivity contribution in [3.05, 3.63) is 23.6 Å². The van der Waals surface area contributed by atoms with Crippen LogP contribution in [0.1, 0.15) is 40.2 Å². The number of rotatable bonds is 1. The first-order valence-corrected chi connectivity index (χ1v) is 5.15. The van der Waals surface area contributed by atoms with Crippen LogP contribution in [0.5, 0.6) is 5.88 Å². The van der Waals surface area contributed by atoms with E-state index >= 15 is 0 Å². The molecule has 0 bridgehead atoms. The van der Waals surface area contributed by atoms with Crippen molar-refractivity contribution in [2.24, 2.45) is 0 Å². The molecule has 1 aromatic heterocycles. The summed E-state index contributed by atoms with van der Waals surface area (Å²) in [5.74, 6) is 0.166. The minimum absolute atomic E-state index is 0.152. The molecule has 0 N–H and O–H groups in total. The Labute approximate surface area is 91.5 Å². The predicted molar refractivity (Wildman–Crippen MR) is 60.8 cm³/mol. The number of hydrogen-bond acceptors (Lipinski definition) is 2. The molecule has 0 aliphatic heterocycles. The third-order valence-corrected chi connectivity index (χ3v) is 1.82. The van der Waals surface area contributed by atoms with Crippen LogP contribution >= 0.6 is 0 Å². The number of pyridine rings is 1. The first-order chi connectivity index (χ1) is 6.95. The van der Waals surface area contributed by atoms with E-state index in [2.05, 4.69) is 4.98 Å². The number of halogens is 1. The lowest BCUT2D eigenvalue weighted by Gasteiger charge is -2.20. The Kier molecular flexibility index (Phi) is 5.26. The minimum atomic E-state index is -0.328. The van der Waals surface area contributed by atoms with Gasteiger partial charge in [-0.15, -0.1) is 0 Å². The highest BCUT2D eigenvalue weighted by atomic mass is 19.1. The molecular weight excluding hydrogens is 193 g/mol. The molecule has 0 aliphatic carbocycles. The van der Waals surface area contributed by atoms with E-state index in [1.165, 1.54) is 13.2 Å². The second-order valence-corrected chi connectivity index (χ2v) is 3.96. The van der Waals surface area contributed by atoms with Crippen LogP contribution in [0.15, 0.2) is 12.3 Å². The maximum Gasteiger partial charge on any atom is 0.216 e. The smallest absolute Gasteiger partial charge is 0.216 e. The van der Waals surface area contributed by atoms with Gasteiger partial charge in [-0.2, -0.15) is 0 Å².